The van der Waals surface area contributed by atoms with Gasteiger partial charge in [0.2, 0.25) is 10.0 Å². The van der Waals surface area contributed by atoms with Crippen LogP contribution in [0.4, 0.5) is 0 Å². The molecule has 1 fully saturated rings. The van der Waals surface area contributed by atoms with Gasteiger partial charge in [-0.05, 0) is 49.1 Å². The van der Waals surface area contributed by atoms with Gasteiger partial charge in [0.05, 0.1) is 11.4 Å². The second-order valence-corrected chi connectivity index (χ2v) is 9.68. The summed E-state index contributed by atoms with van der Waals surface area (Å²) in [5.74, 6) is 0.636. The van der Waals surface area contributed by atoms with E-state index in [4.69, 9.17) is 0 Å². The first-order valence-corrected chi connectivity index (χ1v) is 12.0. The molecule has 1 saturated heterocycles. The normalized spacial score (nSPS) is 14.6. The Kier molecular flexibility index (Phi) is 6.20. The molecule has 2 heterocycles. The lowest BCUT2D eigenvalue weighted by Crippen LogP contribution is -2.29. The van der Waals surface area contributed by atoms with Crippen LogP contribution >= 0.6 is 0 Å². The van der Waals surface area contributed by atoms with E-state index in [1.807, 2.05) is 42.0 Å². The van der Waals surface area contributed by atoms with Crippen molar-refractivity contribution in [2.75, 3.05) is 13.1 Å². The molecule has 1 aromatic heterocycles. The van der Waals surface area contributed by atoms with Crippen LogP contribution in [-0.2, 0) is 22.3 Å². The van der Waals surface area contributed by atoms with Gasteiger partial charge in [-0.1, -0.05) is 30.3 Å². The molecule has 31 heavy (non-hydrogen) atoms. The third-order valence-electron chi connectivity index (χ3n) is 5.54. The molecule has 1 aliphatic heterocycles. The van der Waals surface area contributed by atoms with Crippen molar-refractivity contribution >= 4 is 15.9 Å². The molecular weight excluding hydrogens is 412 g/mol. The van der Waals surface area contributed by atoms with Crippen LogP contribution in [0.5, 0.6) is 0 Å². The number of benzene rings is 2. The molecule has 1 aliphatic rings. The highest BCUT2D eigenvalue weighted by Gasteiger charge is 2.25. The molecule has 162 valence electrons. The van der Waals surface area contributed by atoms with Crippen molar-refractivity contribution in [1.29, 1.82) is 0 Å². The van der Waals surface area contributed by atoms with Gasteiger partial charge in [-0.25, -0.2) is 17.7 Å². The first kappa shape index (κ1) is 21.3. The molecule has 1 N–H and O–H groups in total. The second-order valence-electron chi connectivity index (χ2n) is 7.72. The number of aromatic nitrogens is 2. The first-order valence-electron chi connectivity index (χ1n) is 10.4. The molecule has 1 amide bonds. The zero-order valence-corrected chi connectivity index (χ0v) is 18.3. The van der Waals surface area contributed by atoms with E-state index in [0.717, 1.165) is 29.9 Å². The van der Waals surface area contributed by atoms with E-state index in [1.165, 1.54) is 0 Å². The number of carbonyl (C=O) groups is 1. The van der Waals surface area contributed by atoms with E-state index in [9.17, 15) is 13.2 Å². The van der Waals surface area contributed by atoms with Gasteiger partial charge in [-0.15, -0.1) is 0 Å². The van der Waals surface area contributed by atoms with Gasteiger partial charge in [0, 0.05) is 37.6 Å². The molecule has 4 rings (SSSR count). The van der Waals surface area contributed by atoms with Crippen molar-refractivity contribution in [3.8, 4) is 5.69 Å². The molecule has 0 atom stereocenters. The van der Waals surface area contributed by atoms with Crippen molar-refractivity contribution in [1.82, 2.24) is 19.2 Å². The minimum atomic E-state index is -3.30. The topological polar surface area (TPSA) is 84.3 Å². The van der Waals surface area contributed by atoms with Gasteiger partial charge in [0.15, 0.2) is 0 Å². The number of sulfonamides is 1. The summed E-state index contributed by atoms with van der Waals surface area (Å²) < 4.78 is 28.5. The van der Waals surface area contributed by atoms with Crippen LogP contribution in [0, 0.1) is 6.92 Å². The number of carbonyl (C=O) groups excluding carboxylic acids is 1. The summed E-state index contributed by atoms with van der Waals surface area (Å²) in [6.45, 7) is 3.50. The molecule has 0 bridgehead atoms. The van der Waals surface area contributed by atoms with Crippen molar-refractivity contribution in [3.05, 3.63) is 83.4 Å². The lowest BCUT2D eigenvalue weighted by molar-refractivity contribution is 0.0951. The first-order chi connectivity index (χ1) is 14.9. The number of rotatable bonds is 7. The molecule has 8 heteroatoms. The molecule has 2 aromatic carbocycles. The van der Waals surface area contributed by atoms with Crippen molar-refractivity contribution in [2.45, 2.75) is 32.1 Å². The summed E-state index contributed by atoms with van der Waals surface area (Å²) in [7, 11) is -3.30. The van der Waals surface area contributed by atoms with Crippen LogP contribution in [0.15, 0.2) is 60.9 Å². The number of para-hydroxylation sites is 1. The number of amides is 1. The number of aryl methyl sites for hydroxylation is 1. The Morgan fingerprint density at radius 1 is 1.06 bits per heavy atom. The van der Waals surface area contributed by atoms with Crippen LogP contribution in [-0.4, -0.2) is 41.3 Å². The van der Waals surface area contributed by atoms with E-state index < -0.39 is 10.0 Å². The lowest BCUT2D eigenvalue weighted by Gasteiger charge is -2.15. The summed E-state index contributed by atoms with van der Waals surface area (Å²) in [5, 5.41) is 2.95. The minimum Gasteiger partial charge on any atom is -0.348 e. The Morgan fingerprint density at radius 2 is 1.77 bits per heavy atom. The van der Waals surface area contributed by atoms with Crippen molar-refractivity contribution in [2.24, 2.45) is 0 Å². The fraction of sp³-hybridized carbons (Fsp3) is 0.304. The van der Waals surface area contributed by atoms with Gasteiger partial charge in [0.25, 0.3) is 5.91 Å². The molecule has 3 aromatic rings. The van der Waals surface area contributed by atoms with Gasteiger partial charge in [0.1, 0.15) is 5.82 Å². The average Bonchev–Trinajstić information content (AvgIpc) is 3.45. The zero-order chi connectivity index (χ0) is 21.8. The van der Waals surface area contributed by atoms with E-state index in [2.05, 4.69) is 10.3 Å². The average molecular weight is 439 g/mol. The predicted octanol–water partition coefficient (Wildman–Crippen LogP) is 3.04. The van der Waals surface area contributed by atoms with Crippen LogP contribution in [0.25, 0.3) is 5.69 Å². The van der Waals surface area contributed by atoms with E-state index in [0.29, 0.717) is 30.8 Å². The van der Waals surface area contributed by atoms with Gasteiger partial charge in [-0.3, -0.25) is 4.79 Å². The van der Waals surface area contributed by atoms with Crippen LogP contribution < -0.4 is 5.32 Å². The Balaban J connectivity index is 1.41. The molecule has 0 aliphatic carbocycles. The standard InChI is InChI=1S/C23H26N4O3S/c1-18-24-12-15-27(18)22-7-3-2-6-21(22)16-25-23(28)20-10-8-19(9-11-20)17-31(29,30)26-13-4-5-14-26/h2-3,6-12,15H,4-5,13-14,16-17H2,1H3,(H,25,28). The molecule has 0 saturated carbocycles. The van der Waals surface area contributed by atoms with Crippen LogP contribution in [0.2, 0.25) is 0 Å². The van der Waals surface area contributed by atoms with Gasteiger partial charge in [-0.2, -0.15) is 0 Å². The summed E-state index contributed by atoms with van der Waals surface area (Å²) in [6.07, 6.45) is 5.48. The minimum absolute atomic E-state index is 0.0352. The smallest absolute Gasteiger partial charge is 0.251 e. The predicted molar refractivity (Wildman–Crippen MR) is 119 cm³/mol. The third-order valence-corrected chi connectivity index (χ3v) is 7.39. The van der Waals surface area contributed by atoms with E-state index in [1.54, 1.807) is 34.8 Å². The highest BCUT2D eigenvalue weighted by molar-refractivity contribution is 7.88. The van der Waals surface area contributed by atoms with Crippen molar-refractivity contribution < 1.29 is 13.2 Å². The van der Waals surface area contributed by atoms with E-state index >= 15 is 0 Å². The highest BCUT2D eigenvalue weighted by atomic mass is 32.2. The largest absolute Gasteiger partial charge is 0.348 e. The molecule has 0 spiro atoms. The number of nitrogens with zero attached hydrogens (tertiary/aromatic N) is 3. The molecular formula is C23H26N4O3S. The molecule has 7 nitrogen and oxygen atoms in total. The molecule has 0 unspecified atom stereocenters. The van der Waals surface area contributed by atoms with Crippen molar-refractivity contribution in [3.63, 3.8) is 0 Å². The Hall–Kier alpha value is -2.97. The van der Waals surface area contributed by atoms with Crippen LogP contribution in [0.3, 0.4) is 0 Å². The third kappa shape index (κ3) is 4.86. The quantitative estimate of drug-likeness (QED) is 0.615. The fourth-order valence-corrected chi connectivity index (χ4v) is 5.44. The zero-order valence-electron chi connectivity index (χ0n) is 17.5. The number of hydrogen-bond acceptors (Lipinski definition) is 4. The fourth-order valence-electron chi connectivity index (χ4n) is 3.83. The number of nitrogens with one attached hydrogen (secondary N) is 1. The second kappa shape index (κ2) is 9.03. The highest BCUT2D eigenvalue weighted by Crippen LogP contribution is 2.18. The maximum Gasteiger partial charge on any atom is 0.251 e. The number of imidazole rings is 1. The van der Waals surface area contributed by atoms with Gasteiger partial charge < -0.3 is 9.88 Å². The number of hydrogen-bond donors (Lipinski definition) is 1. The maximum absolute atomic E-state index is 12.6. The van der Waals surface area contributed by atoms with E-state index in [-0.39, 0.29) is 11.7 Å². The Morgan fingerprint density at radius 3 is 2.45 bits per heavy atom. The summed E-state index contributed by atoms with van der Waals surface area (Å²) in [5.41, 5.74) is 3.13. The molecule has 0 radical (unpaired) electrons. The Bertz CT molecular complexity index is 1160. The lowest BCUT2D eigenvalue weighted by atomic mass is 10.1. The van der Waals surface area contributed by atoms with Crippen LogP contribution in [0.1, 0.15) is 40.2 Å². The van der Waals surface area contributed by atoms with Gasteiger partial charge >= 0.3 is 0 Å². The maximum atomic E-state index is 12.6. The SMILES string of the molecule is Cc1nccn1-c1ccccc1CNC(=O)c1ccc(CS(=O)(=O)N2CCCC2)cc1. The summed E-state index contributed by atoms with van der Waals surface area (Å²) in [4.78, 5) is 16.9. The summed E-state index contributed by atoms with van der Waals surface area (Å²) in [6, 6.07) is 14.6. The monoisotopic (exact) mass is 438 g/mol. The summed E-state index contributed by atoms with van der Waals surface area (Å²) >= 11 is 0. The Labute approximate surface area is 182 Å².